The van der Waals surface area contributed by atoms with E-state index in [1.54, 1.807) is 0 Å². The van der Waals surface area contributed by atoms with E-state index in [0.717, 1.165) is 6.29 Å². The highest BCUT2D eigenvalue weighted by molar-refractivity contribution is 6.77. The second kappa shape index (κ2) is 8.87. The Hall–Kier alpha value is -0.883. The number of ether oxygens (including phenoxy) is 1. The van der Waals surface area contributed by atoms with E-state index in [1.165, 1.54) is 0 Å². The van der Waals surface area contributed by atoms with Gasteiger partial charge < -0.3 is 19.3 Å². The summed E-state index contributed by atoms with van der Waals surface area (Å²) in [5, 5.41) is 2.92. The monoisotopic (exact) mass is 385 g/mol. The summed E-state index contributed by atoms with van der Waals surface area (Å²) in [4.78, 5) is 23.7. The largest absolute Gasteiger partial charge is 0.444 e. The third-order valence-corrected chi connectivity index (χ3v) is 11.6. The summed E-state index contributed by atoms with van der Waals surface area (Å²) in [7, 11) is -2.06. The van der Waals surface area contributed by atoms with E-state index in [4.69, 9.17) is 9.16 Å². The molecule has 0 aliphatic heterocycles. The molecule has 0 unspecified atom stereocenters. The highest BCUT2D eigenvalue weighted by atomic mass is 28.4. The van der Waals surface area contributed by atoms with Crippen molar-refractivity contribution < 1.29 is 18.8 Å². The van der Waals surface area contributed by atoms with Crippen molar-refractivity contribution in [1.29, 1.82) is 0 Å². The Morgan fingerprint density at radius 1 is 1.04 bits per heavy atom. The molecule has 1 amide bonds. The fourth-order valence-electron chi connectivity index (χ4n) is 4.57. The van der Waals surface area contributed by atoms with Gasteiger partial charge in [-0.1, -0.05) is 41.5 Å². The number of hydrogen-bond acceptors (Lipinski definition) is 4. The van der Waals surface area contributed by atoms with Crippen molar-refractivity contribution in [3.63, 3.8) is 0 Å². The van der Waals surface area contributed by atoms with Crippen molar-refractivity contribution in [3.8, 4) is 0 Å². The summed E-state index contributed by atoms with van der Waals surface area (Å²) in [6, 6.07) is -0.0803. The number of carbonyl (C=O) groups is 2. The quantitative estimate of drug-likeness (QED) is 0.492. The molecule has 1 saturated carbocycles. The first kappa shape index (κ1) is 23.2. The van der Waals surface area contributed by atoms with Gasteiger partial charge >= 0.3 is 6.09 Å². The van der Waals surface area contributed by atoms with Crippen LogP contribution in [0.2, 0.25) is 16.6 Å². The van der Waals surface area contributed by atoms with E-state index < -0.39 is 20.0 Å². The predicted molar refractivity (Wildman–Crippen MR) is 108 cm³/mol. The molecule has 1 aliphatic rings. The molecular weight excluding hydrogens is 346 g/mol. The molecule has 3 atom stereocenters. The molecule has 1 rings (SSSR count). The average Bonchev–Trinajstić information content (AvgIpc) is 2.82. The number of hydrogen-bond donors (Lipinski definition) is 1. The fraction of sp³-hybridized carbons (Fsp3) is 0.900. The van der Waals surface area contributed by atoms with Gasteiger partial charge in [0.1, 0.15) is 11.9 Å². The number of aldehydes is 1. The summed E-state index contributed by atoms with van der Waals surface area (Å²) in [6.07, 6.45) is 1.75. The third kappa shape index (κ3) is 5.56. The zero-order chi connectivity index (χ0) is 20.3. The van der Waals surface area contributed by atoms with E-state index in [-0.39, 0.29) is 18.1 Å². The van der Waals surface area contributed by atoms with Gasteiger partial charge in [-0.15, -0.1) is 0 Å². The molecule has 6 heteroatoms. The van der Waals surface area contributed by atoms with Gasteiger partial charge in [-0.3, -0.25) is 0 Å². The Bertz CT molecular complexity index is 463. The molecule has 5 nitrogen and oxygen atoms in total. The first-order valence-electron chi connectivity index (χ1n) is 9.96. The summed E-state index contributed by atoms with van der Waals surface area (Å²) >= 11 is 0. The molecule has 0 heterocycles. The number of nitrogens with one attached hydrogen (secondary N) is 1. The summed E-state index contributed by atoms with van der Waals surface area (Å²) in [5.74, 6) is -0.168. The van der Waals surface area contributed by atoms with E-state index in [9.17, 15) is 9.59 Å². The van der Waals surface area contributed by atoms with Gasteiger partial charge in [0.25, 0.3) is 0 Å². The molecule has 0 bridgehead atoms. The van der Waals surface area contributed by atoms with E-state index in [0.29, 0.717) is 29.5 Å². The van der Waals surface area contributed by atoms with Crippen LogP contribution < -0.4 is 5.32 Å². The van der Waals surface area contributed by atoms with E-state index in [2.05, 4.69) is 46.9 Å². The lowest BCUT2D eigenvalue weighted by Crippen LogP contribution is -2.51. The SMILES string of the molecule is CC(C)[Si](O[C@H]1C[C@H](NC(=O)OC(C)(C)C)C[C@@H]1C=O)(C(C)C)C(C)C. The summed E-state index contributed by atoms with van der Waals surface area (Å²) in [6.45, 7) is 19.0. The lowest BCUT2D eigenvalue weighted by molar-refractivity contribution is -0.113. The van der Waals surface area contributed by atoms with Crippen LogP contribution in [0, 0.1) is 5.92 Å². The van der Waals surface area contributed by atoms with Gasteiger partial charge in [-0.25, -0.2) is 4.79 Å². The van der Waals surface area contributed by atoms with Gasteiger partial charge in [0.15, 0.2) is 0 Å². The third-order valence-electron chi connectivity index (χ3n) is 5.51. The number of alkyl carbamates (subject to hydrolysis) is 1. The van der Waals surface area contributed by atoms with Crippen LogP contribution in [0.5, 0.6) is 0 Å². The molecule has 0 radical (unpaired) electrons. The van der Waals surface area contributed by atoms with Crippen LogP contribution in [-0.4, -0.2) is 38.4 Å². The van der Waals surface area contributed by atoms with Gasteiger partial charge in [0.05, 0.1) is 6.10 Å². The molecule has 0 spiro atoms. The average molecular weight is 386 g/mol. The van der Waals surface area contributed by atoms with Crippen molar-refractivity contribution in [1.82, 2.24) is 5.32 Å². The molecule has 1 fully saturated rings. The van der Waals surface area contributed by atoms with Crippen molar-refractivity contribution >= 4 is 20.7 Å². The number of carbonyl (C=O) groups excluding carboxylic acids is 2. The van der Waals surface area contributed by atoms with Crippen molar-refractivity contribution in [2.75, 3.05) is 0 Å². The maximum absolute atomic E-state index is 12.1. The van der Waals surface area contributed by atoms with Crippen molar-refractivity contribution in [3.05, 3.63) is 0 Å². The van der Waals surface area contributed by atoms with Crippen LogP contribution >= 0.6 is 0 Å². The predicted octanol–water partition coefficient (Wildman–Crippen LogP) is 5.05. The molecule has 0 aromatic carbocycles. The minimum Gasteiger partial charge on any atom is -0.444 e. The molecular formula is C20H39NO4Si. The zero-order valence-electron chi connectivity index (χ0n) is 18.1. The highest BCUT2D eigenvalue weighted by Crippen LogP contribution is 2.45. The van der Waals surface area contributed by atoms with E-state index in [1.807, 2.05) is 20.8 Å². The molecule has 0 aromatic rings. The molecule has 0 aromatic heterocycles. The Labute approximate surface area is 160 Å². The topological polar surface area (TPSA) is 64.6 Å². The highest BCUT2D eigenvalue weighted by Gasteiger charge is 2.49. The second-order valence-electron chi connectivity index (χ2n) is 9.59. The minimum absolute atomic E-state index is 0.0803. The maximum Gasteiger partial charge on any atom is 0.407 e. The maximum atomic E-state index is 12.1. The standard InChI is InChI=1S/C20H39NO4Si/c1-13(2)26(14(3)4,15(5)6)25-18-11-17(10-16(18)12-22)21-19(23)24-20(7,8)9/h12-18H,10-11H2,1-9H3,(H,21,23)/t16-,17-,18+/m1/s1. The molecule has 152 valence electrons. The van der Waals surface area contributed by atoms with Crippen LogP contribution in [0.1, 0.15) is 75.2 Å². The van der Waals surface area contributed by atoms with Crippen LogP contribution in [0.4, 0.5) is 4.79 Å². The van der Waals surface area contributed by atoms with Crippen LogP contribution in [0.15, 0.2) is 0 Å². The van der Waals surface area contributed by atoms with Gasteiger partial charge in [-0.2, -0.15) is 0 Å². The Morgan fingerprint density at radius 2 is 1.54 bits per heavy atom. The van der Waals surface area contributed by atoms with E-state index >= 15 is 0 Å². The number of rotatable bonds is 7. The first-order valence-corrected chi connectivity index (χ1v) is 12.1. The Kier molecular flexibility index (Phi) is 7.90. The van der Waals surface area contributed by atoms with Crippen molar-refractivity contribution in [2.45, 2.75) is 110 Å². The first-order chi connectivity index (χ1) is 11.8. The molecule has 26 heavy (non-hydrogen) atoms. The van der Waals surface area contributed by atoms with Crippen LogP contribution in [-0.2, 0) is 14.0 Å². The zero-order valence-corrected chi connectivity index (χ0v) is 19.1. The molecule has 0 saturated heterocycles. The molecule has 1 aliphatic carbocycles. The summed E-state index contributed by atoms with van der Waals surface area (Å²) < 4.78 is 12.2. The Balaban J connectivity index is 2.89. The second-order valence-corrected chi connectivity index (χ2v) is 15.0. The van der Waals surface area contributed by atoms with Gasteiger partial charge in [-0.05, 0) is 50.2 Å². The molecule has 1 N–H and O–H groups in total. The van der Waals surface area contributed by atoms with Crippen molar-refractivity contribution in [2.24, 2.45) is 5.92 Å². The fourth-order valence-corrected chi connectivity index (χ4v) is 10.2. The minimum atomic E-state index is -2.06. The Morgan fingerprint density at radius 3 is 1.92 bits per heavy atom. The lowest BCUT2D eigenvalue weighted by Gasteiger charge is -2.44. The normalized spacial score (nSPS) is 24.4. The van der Waals surface area contributed by atoms with Gasteiger partial charge in [0, 0.05) is 12.0 Å². The lowest BCUT2D eigenvalue weighted by atomic mass is 10.1. The summed E-state index contributed by atoms with van der Waals surface area (Å²) in [5.41, 5.74) is 0.866. The number of amides is 1. The van der Waals surface area contributed by atoms with Crippen LogP contribution in [0.25, 0.3) is 0 Å². The van der Waals surface area contributed by atoms with Gasteiger partial charge in [0.2, 0.25) is 8.32 Å². The smallest absolute Gasteiger partial charge is 0.407 e. The van der Waals surface area contributed by atoms with Crippen LogP contribution in [0.3, 0.4) is 0 Å².